The van der Waals surface area contributed by atoms with Gasteiger partial charge >= 0.3 is 6.18 Å². The first-order chi connectivity index (χ1) is 14.5. The molecule has 0 saturated carbocycles. The molecule has 1 heterocycles. The van der Waals surface area contributed by atoms with Gasteiger partial charge in [0, 0.05) is 30.6 Å². The molecule has 2 aromatic rings. The van der Waals surface area contributed by atoms with E-state index in [1.54, 1.807) is 24.3 Å². The highest BCUT2D eigenvalue weighted by molar-refractivity contribution is 7.89. The van der Waals surface area contributed by atoms with Gasteiger partial charge in [-0.3, -0.25) is 4.79 Å². The molecule has 1 saturated heterocycles. The maximum Gasteiger partial charge on any atom is 0.417 e. The largest absolute Gasteiger partial charge is 0.417 e. The fourth-order valence-electron chi connectivity index (χ4n) is 3.36. The third kappa shape index (κ3) is 5.52. The summed E-state index contributed by atoms with van der Waals surface area (Å²) in [6, 6.07) is 9.61. The van der Waals surface area contributed by atoms with Crippen LogP contribution in [0.2, 0.25) is 10.0 Å². The van der Waals surface area contributed by atoms with Gasteiger partial charge in [-0.2, -0.15) is 17.5 Å². The van der Waals surface area contributed by atoms with E-state index in [1.165, 1.54) is 0 Å². The molecule has 0 spiro atoms. The second-order valence-corrected chi connectivity index (χ2v) is 9.88. The highest BCUT2D eigenvalue weighted by atomic mass is 35.5. The Hall–Kier alpha value is -1.81. The number of nitrogens with one attached hydrogen (secondary N) is 1. The number of carbonyl (C=O) groups is 1. The maximum atomic E-state index is 13.1. The second-order valence-electron chi connectivity index (χ2n) is 7.13. The summed E-state index contributed by atoms with van der Waals surface area (Å²) in [6.07, 6.45) is -4.25. The van der Waals surface area contributed by atoms with Gasteiger partial charge in [0.2, 0.25) is 15.9 Å². The summed E-state index contributed by atoms with van der Waals surface area (Å²) < 4.78 is 65.9. The molecule has 31 heavy (non-hydrogen) atoms. The number of hydrogen-bond acceptors (Lipinski definition) is 3. The molecule has 1 fully saturated rings. The Kier molecular flexibility index (Phi) is 7.20. The zero-order chi connectivity index (χ0) is 22.8. The molecule has 0 bridgehead atoms. The number of piperidine rings is 1. The number of amides is 1. The van der Waals surface area contributed by atoms with Crippen molar-refractivity contribution in [2.75, 3.05) is 13.1 Å². The van der Waals surface area contributed by atoms with Gasteiger partial charge in [-0.25, -0.2) is 8.42 Å². The smallest absolute Gasteiger partial charge is 0.352 e. The van der Waals surface area contributed by atoms with E-state index in [2.05, 4.69) is 5.32 Å². The highest BCUT2D eigenvalue weighted by Gasteiger charge is 2.37. The van der Waals surface area contributed by atoms with Crippen molar-refractivity contribution in [1.29, 1.82) is 0 Å². The lowest BCUT2D eigenvalue weighted by atomic mass is 9.97. The molecular formula is C20H19Cl2F3N2O3S. The van der Waals surface area contributed by atoms with Gasteiger partial charge in [0.15, 0.2) is 0 Å². The highest BCUT2D eigenvalue weighted by Crippen LogP contribution is 2.36. The van der Waals surface area contributed by atoms with E-state index < -0.39 is 37.6 Å². The molecule has 1 amide bonds. The molecule has 11 heteroatoms. The summed E-state index contributed by atoms with van der Waals surface area (Å²) in [7, 11) is -4.15. The van der Waals surface area contributed by atoms with Crippen molar-refractivity contribution in [3.05, 3.63) is 63.6 Å². The van der Waals surface area contributed by atoms with Crippen LogP contribution in [0.1, 0.15) is 24.0 Å². The number of rotatable bonds is 5. The molecule has 168 valence electrons. The van der Waals surface area contributed by atoms with Crippen molar-refractivity contribution >= 4 is 39.1 Å². The molecule has 1 N–H and O–H groups in total. The number of alkyl halides is 3. The van der Waals surface area contributed by atoms with E-state index in [4.69, 9.17) is 23.2 Å². The third-order valence-corrected chi connectivity index (χ3v) is 7.71. The Labute approximate surface area is 188 Å². The lowest BCUT2D eigenvalue weighted by Crippen LogP contribution is -2.42. The van der Waals surface area contributed by atoms with Crippen LogP contribution in [0.4, 0.5) is 13.2 Å². The lowest BCUT2D eigenvalue weighted by Gasteiger charge is -2.30. The average molecular weight is 495 g/mol. The molecule has 3 rings (SSSR count). The van der Waals surface area contributed by atoms with Crippen molar-refractivity contribution in [3.63, 3.8) is 0 Å². The molecule has 0 aliphatic carbocycles. The van der Waals surface area contributed by atoms with Gasteiger partial charge in [-0.15, -0.1) is 0 Å². The quantitative estimate of drug-likeness (QED) is 0.653. The Morgan fingerprint density at radius 3 is 2.32 bits per heavy atom. The maximum absolute atomic E-state index is 13.1. The molecule has 0 atom stereocenters. The van der Waals surface area contributed by atoms with Crippen molar-refractivity contribution in [1.82, 2.24) is 9.62 Å². The van der Waals surface area contributed by atoms with Gasteiger partial charge in [0.05, 0.1) is 15.5 Å². The zero-order valence-electron chi connectivity index (χ0n) is 16.1. The van der Waals surface area contributed by atoms with E-state index in [9.17, 15) is 26.4 Å². The Bertz CT molecular complexity index is 1070. The zero-order valence-corrected chi connectivity index (χ0v) is 18.5. The van der Waals surface area contributed by atoms with Gasteiger partial charge in [0.1, 0.15) is 0 Å². The molecule has 1 aliphatic heterocycles. The minimum absolute atomic E-state index is 0.0243. The molecule has 0 radical (unpaired) electrons. The first kappa shape index (κ1) is 23.8. The summed E-state index contributed by atoms with van der Waals surface area (Å²) in [5.41, 5.74) is -0.440. The summed E-state index contributed by atoms with van der Waals surface area (Å²) in [6.45, 7) is 0.301. The van der Waals surface area contributed by atoms with Gasteiger partial charge in [0.25, 0.3) is 0 Å². The van der Waals surface area contributed by atoms with E-state index in [0.29, 0.717) is 11.1 Å². The molecule has 1 aliphatic rings. The van der Waals surface area contributed by atoms with Crippen LogP contribution in [-0.2, 0) is 27.5 Å². The number of nitrogens with zero attached hydrogens (tertiary/aromatic N) is 1. The van der Waals surface area contributed by atoms with Crippen LogP contribution in [-0.4, -0.2) is 31.7 Å². The minimum Gasteiger partial charge on any atom is -0.352 e. The van der Waals surface area contributed by atoms with Crippen LogP contribution in [0.5, 0.6) is 0 Å². The standard InChI is InChI=1S/C20H19Cl2F3N2O3S/c21-17-4-2-1-3-14(17)12-26-19(28)13-7-9-27(10-8-13)31(29,30)15-5-6-18(22)16(11-15)20(23,24)25/h1-6,11,13H,7-10,12H2,(H,26,28). The Morgan fingerprint density at radius 1 is 1.06 bits per heavy atom. The molecule has 0 unspecified atom stereocenters. The van der Waals surface area contributed by atoms with Gasteiger partial charge < -0.3 is 5.32 Å². The summed E-state index contributed by atoms with van der Waals surface area (Å²) in [5, 5.41) is 2.76. The molecule has 0 aromatic heterocycles. The summed E-state index contributed by atoms with van der Waals surface area (Å²) in [5.74, 6) is -0.618. The SMILES string of the molecule is O=C(NCc1ccccc1Cl)C1CCN(S(=O)(=O)c2ccc(Cl)c(C(F)(F)F)c2)CC1. The van der Waals surface area contributed by atoms with Crippen LogP contribution in [0, 0.1) is 5.92 Å². The summed E-state index contributed by atoms with van der Waals surface area (Å²) >= 11 is 11.6. The first-order valence-corrected chi connectivity index (χ1v) is 11.6. The number of benzene rings is 2. The second kappa shape index (κ2) is 9.36. The van der Waals surface area contributed by atoms with Crippen molar-refractivity contribution in [2.24, 2.45) is 5.92 Å². The van der Waals surface area contributed by atoms with E-state index in [1.807, 2.05) is 0 Å². The number of carbonyl (C=O) groups excluding carboxylic acids is 1. The number of hydrogen-bond donors (Lipinski definition) is 1. The average Bonchev–Trinajstić information content (AvgIpc) is 2.72. The fraction of sp³-hybridized carbons (Fsp3) is 0.350. The van der Waals surface area contributed by atoms with Gasteiger partial charge in [-0.05, 0) is 42.7 Å². The van der Waals surface area contributed by atoms with Crippen LogP contribution >= 0.6 is 23.2 Å². The van der Waals surface area contributed by atoms with Crippen molar-refractivity contribution < 1.29 is 26.4 Å². The fourth-order valence-corrected chi connectivity index (χ4v) is 5.28. The van der Waals surface area contributed by atoms with Gasteiger partial charge in [-0.1, -0.05) is 41.4 Å². The predicted octanol–water partition coefficient (Wildman–Crippen LogP) is 4.73. The van der Waals surface area contributed by atoms with Crippen LogP contribution in [0.3, 0.4) is 0 Å². The van der Waals surface area contributed by atoms with E-state index in [0.717, 1.165) is 22.0 Å². The van der Waals surface area contributed by atoms with Crippen molar-refractivity contribution in [2.45, 2.75) is 30.5 Å². The Morgan fingerprint density at radius 2 is 1.71 bits per heavy atom. The molecular weight excluding hydrogens is 476 g/mol. The number of sulfonamides is 1. The number of halogens is 5. The first-order valence-electron chi connectivity index (χ1n) is 9.38. The molecule has 5 nitrogen and oxygen atoms in total. The molecule has 2 aromatic carbocycles. The minimum atomic E-state index is -4.77. The Balaban J connectivity index is 1.63. The third-order valence-electron chi connectivity index (χ3n) is 5.12. The van der Waals surface area contributed by atoms with E-state index in [-0.39, 0.29) is 38.4 Å². The predicted molar refractivity (Wildman–Crippen MR) is 111 cm³/mol. The monoisotopic (exact) mass is 494 g/mol. The van der Waals surface area contributed by atoms with Crippen LogP contribution < -0.4 is 5.32 Å². The lowest BCUT2D eigenvalue weighted by molar-refractivity contribution is -0.137. The topological polar surface area (TPSA) is 66.5 Å². The van der Waals surface area contributed by atoms with Crippen LogP contribution in [0.15, 0.2) is 47.4 Å². The summed E-state index contributed by atoms with van der Waals surface area (Å²) in [4.78, 5) is 12.0. The van der Waals surface area contributed by atoms with Crippen LogP contribution in [0.25, 0.3) is 0 Å². The normalized spacial score (nSPS) is 16.3. The van der Waals surface area contributed by atoms with Crippen molar-refractivity contribution in [3.8, 4) is 0 Å². The van der Waals surface area contributed by atoms with E-state index >= 15 is 0 Å².